The van der Waals surface area contributed by atoms with Gasteiger partial charge in [0.1, 0.15) is 11.6 Å². The number of hydrogen-bond acceptors (Lipinski definition) is 6. The summed E-state index contributed by atoms with van der Waals surface area (Å²) in [4.78, 5) is 5.01. The van der Waals surface area contributed by atoms with Gasteiger partial charge >= 0.3 is 0 Å². The molecule has 0 bridgehead atoms. The SMILES string of the molecule is CCOc1cccc(Nc2c(C(C)C)c(N)nn3cc(C4CCC(N)CC4)nc23)c1. The van der Waals surface area contributed by atoms with E-state index >= 15 is 0 Å². The number of imidazole rings is 1. The monoisotopic (exact) mass is 408 g/mol. The Hall–Kier alpha value is -2.80. The van der Waals surface area contributed by atoms with Crippen molar-refractivity contribution >= 4 is 22.8 Å². The minimum atomic E-state index is 0.202. The Bertz CT molecular complexity index is 1020. The van der Waals surface area contributed by atoms with Crippen molar-refractivity contribution in [1.29, 1.82) is 0 Å². The Balaban J connectivity index is 1.77. The van der Waals surface area contributed by atoms with Crippen LogP contribution in [0.3, 0.4) is 0 Å². The highest BCUT2D eigenvalue weighted by molar-refractivity contribution is 5.81. The van der Waals surface area contributed by atoms with E-state index in [-0.39, 0.29) is 5.92 Å². The first kappa shape index (κ1) is 20.5. The zero-order chi connectivity index (χ0) is 21.3. The first-order valence-corrected chi connectivity index (χ1v) is 10.9. The number of anilines is 3. The van der Waals surface area contributed by atoms with E-state index < -0.39 is 0 Å². The predicted octanol–water partition coefficient (Wildman–Crippen LogP) is 4.56. The molecule has 1 aliphatic rings. The lowest BCUT2D eigenvalue weighted by atomic mass is 9.85. The van der Waals surface area contributed by atoms with Crippen molar-refractivity contribution in [1.82, 2.24) is 14.6 Å². The van der Waals surface area contributed by atoms with Gasteiger partial charge in [0.25, 0.3) is 0 Å². The normalized spacial score (nSPS) is 19.4. The van der Waals surface area contributed by atoms with Gasteiger partial charge in [-0.15, -0.1) is 5.10 Å². The molecule has 0 saturated heterocycles. The summed E-state index contributed by atoms with van der Waals surface area (Å²) in [6, 6.07) is 8.26. The summed E-state index contributed by atoms with van der Waals surface area (Å²) in [5.41, 5.74) is 17.2. The summed E-state index contributed by atoms with van der Waals surface area (Å²) in [5, 5.41) is 8.18. The second kappa shape index (κ2) is 8.52. The van der Waals surface area contributed by atoms with Gasteiger partial charge in [-0.25, -0.2) is 9.50 Å². The Morgan fingerprint density at radius 3 is 2.70 bits per heavy atom. The third kappa shape index (κ3) is 4.07. The molecule has 160 valence electrons. The Labute approximate surface area is 177 Å². The van der Waals surface area contributed by atoms with E-state index in [1.165, 1.54) is 0 Å². The molecule has 7 heteroatoms. The molecular weight excluding hydrogens is 376 g/mol. The third-order valence-corrected chi connectivity index (χ3v) is 5.87. The number of rotatable bonds is 6. The predicted molar refractivity (Wildman–Crippen MR) is 122 cm³/mol. The van der Waals surface area contributed by atoms with Crippen molar-refractivity contribution < 1.29 is 4.74 Å². The molecule has 1 fully saturated rings. The Morgan fingerprint density at radius 2 is 2.00 bits per heavy atom. The second-order valence-corrected chi connectivity index (χ2v) is 8.46. The van der Waals surface area contributed by atoms with E-state index in [1.54, 1.807) is 0 Å². The van der Waals surface area contributed by atoms with Gasteiger partial charge in [0, 0.05) is 29.3 Å². The van der Waals surface area contributed by atoms with E-state index in [2.05, 4.69) is 24.3 Å². The molecule has 1 aromatic carbocycles. The average Bonchev–Trinajstić information content (AvgIpc) is 3.12. The molecule has 7 nitrogen and oxygen atoms in total. The highest BCUT2D eigenvalue weighted by atomic mass is 16.5. The van der Waals surface area contributed by atoms with Crippen LogP contribution in [0.15, 0.2) is 30.5 Å². The molecule has 1 saturated carbocycles. The highest BCUT2D eigenvalue weighted by Gasteiger charge is 2.25. The topological polar surface area (TPSA) is 103 Å². The van der Waals surface area contributed by atoms with Crippen LogP contribution in [0.5, 0.6) is 5.75 Å². The van der Waals surface area contributed by atoms with Crippen LogP contribution in [0.25, 0.3) is 5.65 Å². The molecule has 4 rings (SSSR count). The standard InChI is InChI=1S/C23H32N6O/c1-4-30-18-7-5-6-17(12-18)26-21-20(14(2)3)22(25)28-29-13-19(27-23(21)29)15-8-10-16(24)11-9-15/h5-7,12-16,26H,4,8-11,24H2,1-3H3,(H2,25,28). The van der Waals surface area contributed by atoms with Crippen LogP contribution in [0.1, 0.15) is 69.5 Å². The molecule has 3 aromatic rings. The Morgan fingerprint density at radius 1 is 1.23 bits per heavy atom. The van der Waals surface area contributed by atoms with Gasteiger partial charge in [-0.05, 0) is 50.7 Å². The van der Waals surface area contributed by atoms with Gasteiger partial charge in [-0.3, -0.25) is 0 Å². The van der Waals surface area contributed by atoms with Crippen molar-refractivity contribution in [2.75, 3.05) is 17.7 Å². The minimum Gasteiger partial charge on any atom is -0.494 e. The van der Waals surface area contributed by atoms with Gasteiger partial charge in [0.05, 0.1) is 24.2 Å². The second-order valence-electron chi connectivity index (χ2n) is 8.46. The third-order valence-electron chi connectivity index (χ3n) is 5.87. The lowest BCUT2D eigenvalue weighted by molar-refractivity contribution is 0.340. The fraction of sp³-hybridized carbons (Fsp3) is 0.478. The number of fused-ring (bicyclic) bond motifs is 1. The minimum absolute atomic E-state index is 0.202. The van der Waals surface area contributed by atoms with Crippen LogP contribution >= 0.6 is 0 Å². The summed E-state index contributed by atoms with van der Waals surface area (Å²) in [5.74, 6) is 1.97. The summed E-state index contributed by atoms with van der Waals surface area (Å²) in [6.45, 7) is 6.85. The van der Waals surface area contributed by atoms with Gasteiger partial charge in [0.2, 0.25) is 0 Å². The molecule has 2 aromatic heterocycles. The van der Waals surface area contributed by atoms with Crippen LogP contribution < -0.4 is 21.5 Å². The maximum Gasteiger partial charge on any atom is 0.178 e. The summed E-state index contributed by atoms with van der Waals surface area (Å²) in [6.07, 6.45) is 6.24. The van der Waals surface area contributed by atoms with E-state index in [1.807, 2.05) is 41.9 Å². The van der Waals surface area contributed by atoms with Crippen LogP contribution in [0.2, 0.25) is 0 Å². The van der Waals surface area contributed by atoms with Crippen molar-refractivity contribution in [2.45, 2.75) is 64.3 Å². The molecule has 0 amide bonds. The van der Waals surface area contributed by atoms with Crippen LogP contribution in [0.4, 0.5) is 17.2 Å². The lowest BCUT2D eigenvalue weighted by Crippen LogP contribution is -2.25. The zero-order valence-corrected chi connectivity index (χ0v) is 18.1. The van der Waals surface area contributed by atoms with Gasteiger partial charge in [-0.1, -0.05) is 19.9 Å². The fourth-order valence-electron chi connectivity index (χ4n) is 4.35. The Kier molecular flexibility index (Phi) is 5.81. The van der Waals surface area contributed by atoms with Crippen LogP contribution in [0, 0.1) is 0 Å². The number of benzene rings is 1. The number of nitrogens with one attached hydrogen (secondary N) is 1. The molecular formula is C23H32N6O. The number of hydrogen-bond donors (Lipinski definition) is 3. The molecule has 0 radical (unpaired) electrons. The lowest BCUT2D eigenvalue weighted by Gasteiger charge is -2.24. The maximum atomic E-state index is 6.38. The molecule has 0 unspecified atom stereocenters. The number of nitrogen functional groups attached to an aromatic ring is 1. The van der Waals surface area contributed by atoms with Crippen molar-refractivity contribution in [3.05, 3.63) is 41.7 Å². The number of nitrogens with two attached hydrogens (primary N) is 2. The smallest absolute Gasteiger partial charge is 0.178 e. The maximum absolute atomic E-state index is 6.38. The first-order valence-electron chi connectivity index (χ1n) is 10.9. The van der Waals surface area contributed by atoms with Crippen LogP contribution in [-0.2, 0) is 0 Å². The summed E-state index contributed by atoms with van der Waals surface area (Å²) >= 11 is 0. The number of nitrogens with zero attached hydrogens (tertiary/aromatic N) is 3. The van der Waals surface area contributed by atoms with E-state index in [9.17, 15) is 0 Å². The molecule has 0 atom stereocenters. The van der Waals surface area contributed by atoms with E-state index in [0.29, 0.717) is 24.4 Å². The molecule has 0 aliphatic heterocycles. The fourth-order valence-corrected chi connectivity index (χ4v) is 4.35. The molecule has 5 N–H and O–H groups in total. The van der Waals surface area contributed by atoms with Gasteiger partial charge in [0.15, 0.2) is 5.65 Å². The highest BCUT2D eigenvalue weighted by Crippen LogP contribution is 2.37. The molecule has 30 heavy (non-hydrogen) atoms. The summed E-state index contributed by atoms with van der Waals surface area (Å²) < 4.78 is 7.48. The first-order chi connectivity index (χ1) is 14.5. The quantitative estimate of drug-likeness (QED) is 0.552. The van der Waals surface area contributed by atoms with Crippen molar-refractivity contribution in [3.8, 4) is 5.75 Å². The van der Waals surface area contributed by atoms with Gasteiger partial charge in [-0.2, -0.15) is 0 Å². The number of aromatic nitrogens is 3. The van der Waals surface area contributed by atoms with Crippen molar-refractivity contribution in [3.63, 3.8) is 0 Å². The largest absolute Gasteiger partial charge is 0.494 e. The van der Waals surface area contributed by atoms with Gasteiger partial charge < -0.3 is 21.5 Å². The molecule has 0 spiro atoms. The van der Waals surface area contributed by atoms with E-state index in [4.69, 9.17) is 21.2 Å². The van der Waals surface area contributed by atoms with Crippen LogP contribution in [-0.4, -0.2) is 27.2 Å². The molecule has 2 heterocycles. The van der Waals surface area contributed by atoms with E-state index in [0.717, 1.165) is 59.7 Å². The summed E-state index contributed by atoms with van der Waals surface area (Å²) in [7, 11) is 0. The van der Waals surface area contributed by atoms with Crippen molar-refractivity contribution in [2.24, 2.45) is 5.73 Å². The average molecular weight is 409 g/mol. The zero-order valence-electron chi connectivity index (χ0n) is 18.1. The number of ether oxygens (including phenoxy) is 1. The molecule has 1 aliphatic carbocycles.